The van der Waals surface area contributed by atoms with Crippen molar-refractivity contribution in [1.82, 2.24) is 4.72 Å². The van der Waals surface area contributed by atoms with E-state index in [0.29, 0.717) is 5.56 Å². The molecule has 0 aliphatic carbocycles. The van der Waals surface area contributed by atoms with Crippen LogP contribution in [0.1, 0.15) is 10.4 Å². The fourth-order valence-electron chi connectivity index (χ4n) is 1.67. The fraction of sp³-hybridized carbons (Fsp3) is 0.0714. The Morgan fingerprint density at radius 1 is 0.818 bits per heavy atom. The van der Waals surface area contributed by atoms with Gasteiger partial charge in [0.2, 0.25) is 10.0 Å². The van der Waals surface area contributed by atoms with Crippen LogP contribution in [0, 0.1) is 0 Å². The van der Waals surface area contributed by atoms with E-state index in [1.54, 1.807) is 24.3 Å². The van der Waals surface area contributed by atoms with Crippen molar-refractivity contribution >= 4 is 53.2 Å². The van der Waals surface area contributed by atoms with Gasteiger partial charge in [-0.05, 0) is 23.3 Å². The average molecular weight is 385 g/mol. The Bertz CT molecular complexity index is 689. The van der Waals surface area contributed by atoms with Crippen LogP contribution in [-0.4, -0.2) is 20.6 Å². The van der Waals surface area contributed by atoms with E-state index < -0.39 is 15.9 Å². The van der Waals surface area contributed by atoms with Crippen LogP contribution >= 0.6 is 37.2 Å². The van der Waals surface area contributed by atoms with E-state index in [2.05, 4.69) is 0 Å². The van der Waals surface area contributed by atoms with E-state index in [9.17, 15) is 13.2 Å². The molecule has 0 aliphatic heterocycles. The molecule has 0 saturated heterocycles. The largest absolute Gasteiger partial charge is 0.268 e. The van der Waals surface area contributed by atoms with Gasteiger partial charge < -0.3 is 0 Å². The summed E-state index contributed by atoms with van der Waals surface area (Å²) in [6, 6.07) is 16.5. The van der Waals surface area contributed by atoms with Gasteiger partial charge in [0.1, 0.15) is 0 Å². The maximum absolute atomic E-state index is 11.6. The molecule has 0 unspecified atom stereocenters. The van der Waals surface area contributed by atoms with Gasteiger partial charge in [0.15, 0.2) is 0 Å². The Balaban J connectivity index is 0. The minimum absolute atomic E-state index is 0. The SMILES string of the molecule is CS(=O)(=O)NC(=O)c1ccc(-c2ccccc2)cc1.Cl.Cl.Cl. The smallest absolute Gasteiger partial charge is 0.264 e. The highest BCUT2D eigenvalue weighted by molar-refractivity contribution is 7.89. The molecule has 2 aromatic rings. The normalized spacial score (nSPS) is 9.50. The molecule has 2 rings (SSSR count). The zero-order valence-electron chi connectivity index (χ0n) is 11.6. The highest BCUT2D eigenvalue weighted by Gasteiger charge is 2.10. The Morgan fingerprint density at radius 2 is 1.27 bits per heavy atom. The maximum Gasteiger partial charge on any atom is 0.264 e. The topological polar surface area (TPSA) is 63.2 Å². The van der Waals surface area contributed by atoms with Crippen molar-refractivity contribution in [1.29, 1.82) is 0 Å². The van der Waals surface area contributed by atoms with Crippen molar-refractivity contribution in [2.24, 2.45) is 0 Å². The number of hydrogen-bond donors (Lipinski definition) is 1. The molecule has 0 bridgehead atoms. The van der Waals surface area contributed by atoms with Gasteiger partial charge in [-0.15, -0.1) is 37.2 Å². The van der Waals surface area contributed by atoms with Gasteiger partial charge in [0.25, 0.3) is 5.91 Å². The summed E-state index contributed by atoms with van der Waals surface area (Å²) in [6.45, 7) is 0. The van der Waals surface area contributed by atoms with E-state index in [4.69, 9.17) is 0 Å². The third-order valence-electron chi connectivity index (χ3n) is 2.53. The van der Waals surface area contributed by atoms with Crippen LogP contribution in [0.4, 0.5) is 0 Å². The number of benzene rings is 2. The number of nitrogens with one attached hydrogen (secondary N) is 1. The first-order valence-electron chi connectivity index (χ1n) is 5.63. The average Bonchev–Trinajstić information content (AvgIpc) is 2.38. The van der Waals surface area contributed by atoms with Crippen molar-refractivity contribution < 1.29 is 13.2 Å². The lowest BCUT2D eigenvalue weighted by Gasteiger charge is -2.05. The minimum Gasteiger partial charge on any atom is -0.268 e. The van der Waals surface area contributed by atoms with E-state index in [1.807, 2.05) is 35.1 Å². The van der Waals surface area contributed by atoms with Crippen LogP contribution in [0.3, 0.4) is 0 Å². The highest BCUT2D eigenvalue weighted by atomic mass is 35.5. The first kappa shape index (κ1) is 23.0. The van der Waals surface area contributed by atoms with Crippen LogP contribution in [0.15, 0.2) is 54.6 Å². The van der Waals surface area contributed by atoms with Gasteiger partial charge >= 0.3 is 0 Å². The first-order chi connectivity index (χ1) is 8.96. The van der Waals surface area contributed by atoms with Crippen LogP contribution in [0.5, 0.6) is 0 Å². The number of rotatable bonds is 3. The van der Waals surface area contributed by atoms with Crippen molar-refractivity contribution in [3.63, 3.8) is 0 Å². The summed E-state index contributed by atoms with van der Waals surface area (Å²) in [5.41, 5.74) is 2.32. The van der Waals surface area contributed by atoms with Crippen LogP contribution < -0.4 is 4.72 Å². The van der Waals surface area contributed by atoms with Gasteiger partial charge in [0, 0.05) is 5.56 Å². The number of sulfonamides is 1. The molecule has 0 fully saturated rings. The molecule has 8 heteroatoms. The predicted molar refractivity (Wildman–Crippen MR) is 95.9 cm³/mol. The van der Waals surface area contributed by atoms with Crippen molar-refractivity contribution in [3.05, 3.63) is 60.2 Å². The summed E-state index contributed by atoms with van der Waals surface area (Å²) in [4.78, 5) is 11.6. The van der Waals surface area contributed by atoms with Gasteiger partial charge in [-0.1, -0.05) is 42.5 Å². The van der Waals surface area contributed by atoms with E-state index in [1.165, 1.54) is 0 Å². The second-order valence-corrected chi connectivity index (χ2v) is 5.90. The summed E-state index contributed by atoms with van der Waals surface area (Å²) in [6.07, 6.45) is 0.948. The molecule has 4 nitrogen and oxygen atoms in total. The second-order valence-electron chi connectivity index (χ2n) is 4.15. The molecule has 0 aromatic heterocycles. The molecule has 0 saturated carbocycles. The molecule has 0 aliphatic rings. The van der Waals surface area contributed by atoms with Crippen molar-refractivity contribution in [3.8, 4) is 11.1 Å². The summed E-state index contributed by atoms with van der Waals surface area (Å²) in [5.74, 6) is -0.623. The molecule has 0 atom stereocenters. The summed E-state index contributed by atoms with van der Waals surface area (Å²) < 4.78 is 23.9. The summed E-state index contributed by atoms with van der Waals surface area (Å²) >= 11 is 0. The lowest BCUT2D eigenvalue weighted by Crippen LogP contribution is -2.29. The summed E-state index contributed by atoms with van der Waals surface area (Å²) in [5, 5.41) is 0. The van der Waals surface area contributed by atoms with Crippen molar-refractivity contribution in [2.45, 2.75) is 0 Å². The number of carbonyl (C=O) groups excluding carboxylic acids is 1. The van der Waals surface area contributed by atoms with Gasteiger partial charge in [-0.2, -0.15) is 0 Å². The van der Waals surface area contributed by atoms with Crippen LogP contribution in [0.25, 0.3) is 11.1 Å². The number of halogens is 3. The lowest BCUT2D eigenvalue weighted by atomic mass is 10.0. The lowest BCUT2D eigenvalue weighted by molar-refractivity contribution is 0.0981. The zero-order valence-corrected chi connectivity index (χ0v) is 14.8. The number of amides is 1. The quantitative estimate of drug-likeness (QED) is 0.883. The molecule has 22 heavy (non-hydrogen) atoms. The molecule has 1 amide bonds. The molecule has 0 spiro atoms. The Hall–Kier alpha value is -1.27. The predicted octanol–water partition coefficient (Wildman–Crippen LogP) is 3.31. The number of hydrogen-bond acceptors (Lipinski definition) is 3. The van der Waals surface area contributed by atoms with E-state index in [-0.39, 0.29) is 37.2 Å². The zero-order chi connectivity index (χ0) is 13.9. The molecule has 122 valence electrons. The van der Waals surface area contributed by atoms with Crippen LogP contribution in [0.2, 0.25) is 0 Å². The van der Waals surface area contributed by atoms with Crippen molar-refractivity contribution in [2.75, 3.05) is 6.26 Å². The Labute approximate surface area is 148 Å². The molecule has 1 N–H and O–H groups in total. The Morgan fingerprint density at radius 3 is 1.73 bits per heavy atom. The molecular weight excluding hydrogens is 369 g/mol. The highest BCUT2D eigenvalue weighted by Crippen LogP contribution is 2.19. The van der Waals surface area contributed by atoms with E-state index >= 15 is 0 Å². The Kier molecular flexibility index (Phi) is 10.1. The summed E-state index contributed by atoms with van der Waals surface area (Å²) in [7, 11) is -3.53. The molecular formula is C14H16Cl3NO3S. The van der Waals surface area contributed by atoms with E-state index in [0.717, 1.165) is 17.4 Å². The van der Waals surface area contributed by atoms with Gasteiger partial charge in [-0.25, -0.2) is 13.1 Å². The minimum atomic E-state index is -3.53. The standard InChI is InChI=1S/C14H13NO3S.3ClH/c1-19(17,18)15-14(16)13-9-7-12(8-10-13)11-5-3-2-4-6-11;;;/h2-10H,1H3,(H,15,16);3*1H. The maximum atomic E-state index is 11.6. The molecule has 0 heterocycles. The monoisotopic (exact) mass is 383 g/mol. The van der Waals surface area contributed by atoms with Gasteiger partial charge in [0.05, 0.1) is 6.26 Å². The second kappa shape index (κ2) is 9.69. The third-order valence-corrected chi connectivity index (χ3v) is 3.09. The van der Waals surface area contributed by atoms with Crippen LogP contribution in [-0.2, 0) is 10.0 Å². The molecule has 0 radical (unpaired) electrons. The first-order valence-corrected chi connectivity index (χ1v) is 7.52. The number of carbonyl (C=O) groups is 1. The third kappa shape index (κ3) is 6.66. The van der Waals surface area contributed by atoms with Gasteiger partial charge in [-0.3, -0.25) is 4.79 Å². The fourth-order valence-corrected chi connectivity index (χ4v) is 2.13. The molecule has 2 aromatic carbocycles.